The average Bonchev–Trinajstić information content (AvgIpc) is 3.81. The lowest BCUT2D eigenvalue weighted by atomic mass is 9.75. The highest BCUT2D eigenvalue weighted by atomic mass is 16.6. The maximum absolute atomic E-state index is 14.2. The van der Waals surface area contributed by atoms with E-state index in [0.29, 0.717) is 0 Å². The van der Waals surface area contributed by atoms with Crippen LogP contribution >= 0.6 is 0 Å². The smallest absolute Gasteiger partial charge is 0.325 e. The predicted octanol–water partition coefficient (Wildman–Crippen LogP) is 4.22. The molecular formula is C32H36N2O5. The predicted molar refractivity (Wildman–Crippen MR) is 149 cm³/mol. The van der Waals surface area contributed by atoms with Crippen LogP contribution in [0, 0.1) is 11.3 Å². The van der Waals surface area contributed by atoms with E-state index in [1.54, 1.807) is 0 Å². The van der Waals surface area contributed by atoms with Crippen LogP contribution in [0.25, 0.3) is 0 Å². The third kappa shape index (κ3) is 6.73. The molecule has 1 fully saturated rings. The number of nitrogens with one attached hydrogen (secondary N) is 2. The van der Waals surface area contributed by atoms with Gasteiger partial charge in [0.05, 0.1) is 6.61 Å². The van der Waals surface area contributed by atoms with Crippen LogP contribution in [0.1, 0.15) is 43.1 Å². The maximum atomic E-state index is 14.2. The molecule has 1 saturated heterocycles. The Bertz CT molecular complexity index is 1210. The fourth-order valence-corrected chi connectivity index (χ4v) is 4.97. The maximum Gasteiger partial charge on any atom is 0.325 e. The summed E-state index contributed by atoms with van der Waals surface area (Å²) in [7, 11) is 1.52. The number of hydrogen-bond donors (Lipinski definition) is 2. The number of likely N-dealkylation sites (N-methyl/N-ethyl adjacent to an activating group) is 1. The minimum absolute atomic E-state index is 0.0213. The first-order valence-electron chi connectivity index (χ1n) is 13.3. The fraction of sp³-hybridized carbons (Fsp3) is 0.344. The summed E-state index contributed by atoms with van der Waals surface area (Å²) in [6.45, 7) is 4.16. The van der Waals surface area contributed by atoms with E-state index in [1.807, 2.05) is 105 Å². The van der Waals surface area contributed by atoms with Gasteiger partial charge in [-0.3, -0.25) is 14.4 Å². The van der Waals surface area contributed by atoms with E-state index in [0.717, 1.165) is 16.7 Å². The van der Waals surface area contributed by atoms with Crippen molar-refractivity contribution in [3.05, 3.63) is 108 Å². The molecule has 0 saturated carbocycles. The molecule has 1 aliphatic heterocycles. The zero-order valence-electron chi connectivity index (χ0n) is 22.6. The summed E-state index contributed by atoms with van der Waals surface area (Å²) in [4.78, 5) is 41.2. The normalized spacial score (nSPS) is 16.7. The highest BCUT2D eigenvalue weighted by Gasteiger charge is 2.60. The Balaban J connectivity index is 1.68. The molecule has 2 amide bonds. The molecule has 3 aromatic rings. The van der Waals surface area contributed by atoms with Crippen LogP contribution in [-0.4, -0.2) is 43.6 Å². The average molecular weight is 529 g/mol. The number of carbonyl (C=O) groups excluding carboxylic acids is 3. The quantitative estimate of drug-likeness (QED) is 0.208. The standard InChI is InChI=1S/C32H36N2O5/c1-22(2)20-32(27-21-38-27,30(36)34-26(29(35)33-3)19-23-13-7-4-8-14-23)31(37)39-28(24-15-9-5-10-16-24)25-17-11-6-12-18-25/h4-18,22,26-28H,19-21H2,1-3H3,(H,33,35)(H,34,36)/t26-,27+,32+/m0/s1. The third-order valence-electron chi connectivity index (χ3n) is 6.96. The Kier molecular flexibility index (Phi) is 9.15. The molecule has 0 aromatic heterocycles. The Morgan fingerprint density at radius 2 is 1.41 bits per heavy atom. The molecular weight excluding hydrogens is 492 g/mol. The van der Waals surface area contributed by atoms with Crippen molar-refractivity contribution < 1.29 is 23.9 Å². The summed E-state index contributed by atoms with van der Waals surface area (Å²) in [5, 5.41) is 5.52. The first kappa shape index (κ1) is 28.0. The number of hydrogen-bond acceptors (Lipinski definition) is 5. The van der Waals surface area contributed by atoms with Gasteiger partial charge in [0.15, 0.2) is 11.5 Å². The van der Waals surface area contributed by atoms with Crippen LogP contribution in [0.3, 0.4) is 0 Å². The van der Waals surface area contributed by atoms with Gasteiger partial charge in [0.1, 0.15) is 12.1 Å². The number of benzene rings is 3. The molecule has 1 aliphatic rings. The lowest BCUT2D eigenvalue weighted by molar-refractivity contribution is -0.168. The monoisotopic (exact) mass is 528 g/mol. The zero-order chi connectivity index (χ0) is 27.8. The molecule has 7 heteroatoms. The molecule has 39 heavy (non-hydrogen) atoms. The van der Waals surface area contributed by atoms with Crippen LogP contribution < -0.4 is 10.6 Å². The van der Waals surface area contributed by atoms with Crippen LogP contribution in [-0.2, 0) is 30.3 Å². The van der Waals surface area contributed by atoms with Gasteiger partial charge in [-0.2, -0.15) is 0 Å². The third-order valence-corrected chi connectivity index (χ3v) is 6.96. The number of amides is 2. The van der Waals surface area contributed by atoms with Gasteiger partial charge in [-0.15, -0.1) is 0 Å². The van der Waals surface area contributed by atoms with Crippen molar-refractivity contribution in [2.45, 2.75) is 44.9 Å². The number of rotatable bonds is 12. The van der Waals surface area contributed by atoms with Gasteiger partial charge >= 0.3 is 5.97 Å². The Hall–Kier alpha value is -3.97. The molecule has 0 bridgehead atoms. The summed E-state index contributed by atoms with van der Waals surface area (Å²) >= 11 is 0. The highest BCUT2D eigenvalue weighted by Crippen LogP contribution is 2.42. The topological polar surface area (TPSA) is 97.0 Å². The van der Waals surface area contributed by atoms with Crippen LogP contribution in [0.2, 0.25) is 0 Å². The summed E-state index contributed by atoms with van der Waals surface area (Å²) in [6.07, 6.45) is -0.857. The summed E-state index contributed by atoms with van der Waals surface area (Å²) in [6, 6.07) is 27.5. The molecule has 0 spiro atoms. The van der Waals surface area contributed by atoms with E-state index in [2.05, 4.69) is 10.6 Å². The molecule has 0 radical (unpaired) electrons. The zero-order valence-corrected chi connectivity index (χ0v) is 22.6. The van der Waals surface area contributed by atoms with E-state index < -0.39 is 35.5 Å². The number of ether oxygens (including phenoxy) is 2. The largest absolute Gasteiger partial charge is 0.452 e. The van der Waals surface area contributed by atoms with Gasteiger partial charge in [-0.05, 0) is 29.0 Å². The van der Waals surface area contributed by atoms with E-state index in [-0.39, 0.29) is 31.3 Å². The second-order valence-electron chi connectivity index (χ2n) is 10.3. The molecule has 4 rings (SSSR count). The van der Waals surface area contributed by atoms with Gasteiger partial charge in [0.25, 0.3) is 0 Å². The van der Waals surface area contributed by atoms with E-state index >= 15 is 0 Å². The van der Waals surface area contributed by atoms with Crippen molar-refractivity contribution in [2.75, 3.05) is 13.7 Å². The van der Waals surface area contributed by atoms with Crippen molar-refractivity contribution in [2.24, 2.45) is 11.3 Å². The molecule has 7 nitrogen and oxygen atoms in total. The van der Waals surface area contributed by atoms with Gasteiger partial charge in [0, 0.05) is 13.5 Å². The summed E-state index contributed by atoms with van der Waals surface area (Å²) in [5.41, 5.74) is 0.859. The molecule has 3 aromatic carbocycles. The first-order chi connectivity index (χ1) is 18.8. The molecule has 0 aliphatic carbocycles. The van der Waals surface area contributed by atoms with Gasteiger partial charge < -0.3 is 20.1 Å². The Labute approximate surface area is 229 Å². The van der Waals surface area contributed by atoms with Crippen molar-refractivity contribution in [3.63, 3.8) is 0 Å². The Morgan fingerprint density at radius 1 is 0.897 bits per heavy atom. The van der Waals surface area contributed by atoms with Crippen molar-refractivity contribution >= 4 is 17.8 Å². The van der Waals surface area contributed by atoms with Crippen molar-refractivity contribution in [3.8, 4) is 0 Å². The molecule has 2 N–H and O–H groups in total. The molecule has 1 heterocycles. The van der Waals surface area contributed by atoms with Crippen LogP contribution in [0.5, 0.6) is 0 Å². The summed E-state index contributed by atoms with van der Waals surface area (Å²) in [5.74, 6) is -1.59. The van der Waals surface area contributed by atoms with Gasteiger partial charge in [0.2, 0.25) is 11.8 Å². The van der Waals surface area contributed by atoms with Crippen LogP contribution in [0.4, 0.5) is 0 Å². The SMILES string of the molecule is CNC(=O)[C@H](Cc1ccccc1)NC(=O)[C@](CC(C)C)(C(=O)OC(c1ccccc1)c1ccccc1)[C@H]1CO1. The minimum Gasteiger partial charge on any atom is -0.452 e. The number of epoxide rings is 1. The highest BCUT2D eigenvalue weighted by molar-refractivity contribution is 6.05. The second-order valence-corrected chi connectivity index (χ2v) is 10.3. The van der Waals surface area contributed by atoms with Crippen molar-refractivity contribution in [1.82, 2.24) is 10.6 Å². The molecule has 3 atom stereocenters. The Morgan fingerprint density at radius 3 is 1.87 bits per heavy atom. The fourth-order valence-electron chi connectivity index (χ4n) is 4.97. The van der Waals surface area contributed by atoms with E-state index in [1.165, 1.54) is 7.05 Å². The lowest BCUT2D eigenvalue weighted by Gasteiger charge is -2.33. The first-order valence-corrected chi connectivity index (χ1v) is 13.3. The lowest BCUT2D eigenvalue weighted by Crippen LogP contribution is -2.57. The molecule has 204 valence electrons. The minimum atomic E-state index is -1.61. The molecule has 0 unspecified atom stereocenters. The van der Waals surface area contributed by atoms with E-state index in [4.69, 9.17) is 9.47 Å². The van der Waals surface area contributed by atoms with Gasteiger partial charge in [-0.1, -0.05) is 105 Å². The summed E-state index contributed by atoms with van der Waals surface area (Å²) < 4.78 is 11.9. The van der Waals surface area contributed by atoms with Gasteiger partial charge in [-0.25, -0.2) is 0 Å². The van der Waals surface area contributed by atoms with E-state index in [9.17, 15) is 14.4 Å². The van der Waals surface area contributed by atoms with Crippen LogP contribution in [0.15, 0.2) is 91.0 Å². The van der Waals surface area contributed by atoms with Crippen molar-refractivity contribution in [1.29, 1.82) is 0 Å². The number of carbonyl (C=O) groups is 3. The second kappa shape index (κ2) is 12.7. The number of esters is 1.